The van der Waals surface area contributed by atoms with Crippen LogP contribution in [-0.4, -0.2) is 20.9 Å². The average Bonchev–Trinajstić information content (AvgIpc) is 2.88. The van der Waals surface area contributed by atoms with Crippen molar-refractivity contribution in [2.75, 3.05) is 0 Å². The van der Waals surface area contributed by atoms with E-state index in [0.29, 0.717) is 12.1 Å². The van der Waals surface area contributed by atoms with E-state index >= 15 is 0 Å². The zero-order chi connectivity index (χ0) is 13.9. The van der Waals surface area contributed by atoms with Crippen LogP contribution in [0.5, 0.6) is 0 Å². The molecule has 0 aliphatic heterocycles. The van der Waals surface area contributed by atoms with Crippen molar-refractivity contribution in [3.63, 3.8) is 0 Å². The zero-order valence-electron chi connectivity index (χ0n) is 11.1. The van der Waals surface area contributed by atoms with Crippen molar-refractivity contribution in [2.45, 2.75) is 13.5 Å². The van der Waals surface area contributed by atoms with E-state index in [9.17, 15) is 4.79 Å². The number of rotatable bonds is 3. The molecule has 1 amide bonds. The molecule has 3 aromatic rings. The van der Waals surface area contributed by atoms with Crippen LogP contribution in [-0.2, 0) is 6.54 Å². The number of nitrogens with one attached hydrogen (secondary N) is 2. The molecule has 0 saturated heterocycles. The normalized spacial score (nSPS) is 10.7. The van der Waals surface area contributed by atoms with Gasteiger partial charge in [-0.05, 0) is 31.2 Å². The number of carbonyl (C=O) groups is 1. The molecule has 2 N–H and O–H groups in total. The van der Waals surface area contributed by atoms with E-state index in [-0.39, 0.29) is 5.91 Å². The van der Waals surface area contributed by atoms with Gasteiger partial charge in [0.25, 0.3) is 5.91 Å². The number of aryl methyl sites for hydroxylation is 1. The number of imidazole rings is 1. The van der Waals surface area contributed by atoms with Gasteiger partial charge in [0.15, 0.2) is 0 Å². The fourth-order valence-corrected chi connectivity index (χ4v) is 2.07. The van der Waals surface area contributed by atoms with E-state index in [4.69, 9.17) is 0 Å². The topological polar surface area (TPSA) is 70.7 Å². The Bertz CT molecular complexity index is 730. The van der Waals surface area contributed by atoms with E-state index < -0.39 is 0 Å². The Hall–Kier alpha value is -2.69. The Kier molecular flexibility index (Phi) is 3.16. The summed E-state index contributed by atoms with van der Waals surface area (Å²) < 4.78 is 0. The van der Waals surface area contributed by atoms with E-state index in [2.05, 4.69) is 20.3 Å². The summed E-state index contributed by atoms with van der Waals surface area (Å²) in [6.45, 7) is 2.18. The van der Waals surface area contributed by atoms with E-state index in [0.717, 1.165) is 22.6 Å². The number of H-pyrrole nitrogens is 1. The third kappa shape index (κ3) is 2.38. The number of nitrogens with zero attached hydrogens (tertiary/aromatic N) is 2. The molecule has 5 heteroatoms. The lowest BCUT2D eigenvalue weighted by Crippen LogP contribution is -2.24. The fourth-order valence-electron chi connectivity index (χ4n) is 2.07. The van der Waals surface area contributed by atoms with Crippen molar-refractivity contribution >= 4 is 16.9 Å². The lowest BCUT2D eigenvalue weighted by Gasteiger charge is -2.05. The minimum atomic E-state index is -0.143. The Morgan fingerprint density at radius 3 is 2.90 bits per heavy atom. The molecule has 0 bridgehead atoms. The van der Waals surface area contributed by atoms with Gasteiger partial charge in [-0.2, -0.15) is 0 Å². The SMILES string of the molecule is Cc1ncccc1C(=O)NCc1nc2ccccc2[nH]1. The lowest BCUT2D eigenvalue weighted by molar-refractivity contribution is 0.0949. The molecule has 0 saturated carbocycles. The maximum Gasteiger partial charge on any atom is 0.253 e. The van der Waals surface area contributed by atoms with Crippen molar-refractivity contribution in [3.8, 4) is 0 Å². The van der Waals surface area contributed by atoms with Crippen LogP contribution in [0.15, 0.2) is 42.6 Å². The quantitative estimate of drug-likeness (QED) is 0.763. The second-order valence-electron chi connectivity index (χ2n) is 4.52. The number of amides is 1. The number of aromatic nitrogens is 3. The highest BCUT2D eigenvalue weighted by molar-refractivity contribution is 5.95. The van der Waals surface area contributed by atoms with Crippen LogP contribution in [0, 0.1) is 6.92 Å². The van der Waals surface area contributed by atoms with Crippen LogP contribution in [0.3, 0.4) is 0 Å². The van der Waals surface area contributed by atoms with Gasteiger partial charge in [0.05, 0.1) is 23.1 Å². The number of carbonyl (C=O) groups excluding carboxylic acids is 1. The van der Waals surface area contributed by atoms with Gasteiger partial charge >= 0.3 is 0 Å². The molecule has 3 rings (SSSR count). The molecule has 2 aromatic heterocycles. The van der Waals surface area contributed by atoms with Gasteiger partial charge in [0.1, 0.15) is 5.82 Å². The second-order valence-corrected chi connectivity index (χ2v) is 4.52. The molecule has 20 heavy (non-hydrogen) atoms. The highest BCUT2D eigenvalue weighted by atomic mass is 16.1. The van der Waals surface area contributed by atoms with E-state index in [1.807, 2.05) is 31.2 Å². The third-order valence-electron chi connectivity index (χ3n) is 3.11. The predicted molar refractivity (Wildman–Crippen MR) is 76.2 cm³/mol. The summed E-state index contributed by atoms with van der Waals surface area (Å²) in [5, 5.41) is 2.84. The van der Waals surface area contributed by atoms with Crippen LogP contribution in [0.25, 0.3) is 11.0 Å². The largest absolute Gasteiger partial charge is 0.345 e. The monoisotopic (exact) mass is 266 g/mol. The van der Waals surface area contributed by atoms with Crippen molar-refractivity contribution < 1.29 is 4.79 Å². The summed E-state index contributed by atoms with van der Waals surface area (Å²) >= 11 is 0. The molecule has 0 aliphatic carbocycles. The molecule has 100 valence electrons. The summed E-state index contributed by atoms with van der Waals surface area (Å²) in [6.07, 6.45) is 1.67. The second kappa shape index (κ2) is 5.13. The zero-order valence-corrected chi connectivity index (χ0v) is 11.1. The summed E-state index contributed by atoms with van der Waals surface area (Å²) in [5.41, 5.74) is 3.17. The Labute approximate surface area is 116 Å². The van der Waals surface area contributed by atoms with Crippen molar-refractivity contribution in [3.05, 3.63) is 59.7 Å². The van der Waals surface area contributed by atoms with Crippen molar-refractivity contribution in [2.24, 2.45) is 0 Å². The third-order valence-corrected chi connectivity index (χ3v) is 3.11. The van der Waals surface area contributed by atoms with E-state index in [1.165, 1.54) is 0 Å². The smallest absolute Gasteiger partial charge is 0.253 e. The van der Waals surface area contributed by atoms with E-state index in [1.54, 1.807) is 18.3 Å². The van der Waals surface area contributed by atoms with Crippen LogP contribution in [0.2, 0.25) is 0 Å². The fraction of sp³-hybridized carbons (Fsp3) is 0.133. The highest BCUT2D eigenvalue weighted by Gasteiger charge is 2.09. The van der Waals surface area contributed by atoms with Crippen LogP contribution in [0.1, 0.15) is 21.9 Å². The lowest BCUT2D eigenvalue weighted by atomic mass is 10.2. The number of benzene rings is 1. The first-order valence-electron chi connectivity index (χ1n) is 6.37. The maximum absolute atomic E-state index is 12.1. The van der Waals surface area contributed by atoms with Crippen LogP contribution < -0.4 is 5.32 Å². The Morgan fingerprint density at radius 1 is 1.25 bits per heavy atom. The van der Waals surface area contributed by atoms with Crippen LogP contribution in [0.4, 0.5) is 0 Å². The van der Waals surface area contributed by atoms with Gasteiger partial charge in [0, 0.05) is 11.9 Å². The Balaban J connectivity index is 1.73. The summed E-state index contributed by atoms with van der Waals surface area (Å²) in [7, 11) is 0. The first-order chi connectivity index (χ1) is 9.74. The molecule has 1 aromatic carbocycles. The number of hydrogen-bond donors (Lipinski definition) is 2. The predicted octanol–water partition coefficient (Wildman–Crippen LogP) is 2.20. The molecule has 0 aliphatic rings. The summed E-state index contributed by atoms with van der Waals surface area (Å²) in [4.78, 5) is 23.8. The number of para-hydroxylation sites is 2. The van der Waals surface area contributed by atoms with Gasteiger partial charge in [-0.3, -0.25) is 9.78 Å². The first-order valence-corrected chi connectivity index (χ1v) is 6.37. The molecule has 5 nitrogen and oxygen atoms in total. The Morgan fingerprint density at radius 2 is 2.10 bits per heavy atom. The van der Waals surface area contributed by atoms with Gasteiger partial charge in [-0.25, -0.2) is 4.98 Å². The molecule has 0 fully saturated rings. The van der Waals surface area contributed by atoms with Crippen LogP contribution >= 0.6 is 0 Å². The summed E-state index contributed by atoms with van der Waals surface area (Å²) in [5.74, 6) is 0.595. The standard InChI is InChI=1S/C15H14N4O/c1-10-11(5-4-8-16-10)15(20)17-9-14-18-12-6-2-3-7-13(12)19-14/h2-8H,9H2,1H3,(H,17,20)(H,18,19). The number of fused-ring (bicyclic) bond motifs is 1. The molecule has 0 radical (unpaired) electrons. The minimum Gasteiger partial charge on any atom is -0.345 e. The summed E-state index contributed by atoms with van der Waals surface area (Å²) in [6, 6.07) is 11.3. The number of aromatic amines is 1. The van der Waals surface area contributed by atoms with Crippen molar-refractivity contribution in [1.82, 2.24) is 20.3 Å². The minimum absolute atomic E-state index is 0.143. The molecular weight excluding hydrogens is 252 g/mol. The molecular formula is C15H14N4O. The van der Waals surface area contributed by atoms with Gasteiger partial charge < -0.3 is 10.3 Å². The van der Waals surface area contributed by atoms with Gasteiger partial charge in [0.2, 0.25) is 0 Å². The maximum atomic E-state index is 12.1. The first kappa shape index (κ1) is 12.3. The molecule has 2 heterocycles. The van der Waals surface area contributed by atoms with Crippen molar-refractivity contribution in [1.29, 1.82) is 0 Å². The molecule has 0 unspecified atom stereocenters. The average molecular weight is 266 g/mol. The molecule has 0 spiro atoms. The highest BCUT2D eigenvalue weighted by Crippen LogP contribution is 2.10. The van der Waals surface area contributed by atoms with Gasteiger partial charge in [-0.15, -0.1) is 0 Å². The number of pyridine rings is 1. The number of hydrogen-bond acceptors (Lipinski definition) is 3. The molecule has 0 atom stereocenters. The van der Waals surface area contributed by atoms with Gasteiger partial charge in [-0.1, -0.05) is 12.1 Å².